The van der Waals surface area contributed by atoms with Crippen molar-refractivity contribution in [2.24, 2.45) is 0 Å². The fourth-order valence-electron chi connectivity index (χ4n) is 2.42. The molecule has 1 fully saturated rings. The van der Waals surface area contributed by atoms with Gasteiger partial charge in [-0.2, -0.15) is 5.26 Å². The Morgan fingerprint density at radius 3 is 2.68 bits per heavy atom. The van der Waals surface area contributed by atoms with Gasteiger partial charge in [0, 0.05) is 19.6 Å². The van der Waals surface area contributed by atoms with E-state index in [2.05, 4.69) is 11.4 Å². The lowest BCUT2D eigenvalue weighted by Crippen LogP contribution is -2.41. The van der Waals surface area contributed by atoms with Gasteiger partial charge >= 0.3 is 6.03 Å². The highest BCUT2D eigenvalue weighted by Gasteiger charge is 2.43. The van der Waals surface area contributed by atoms with Gasteiger partial charge in [0.2, 0.25) is 0 Å². The van der Waals surface area contributed by atoms with Gasteiger partial charge in [-0.25, -0.2) is 4.79 Å². The van der Waals surface area contributed by atoms with Crippen LogP contribution >= 0.6 is 0 Å². The van der Waals surface area contributed by atoms with E-state index in [1.807, 2.05) is 30.1 Å². The lowest BCUT2D eigenvalue weighted by atomic mass is 10.1. The minimum atomic E-state index is -0.823. The predicted octanol–water partition coefficient (Wildman–Crippen LogP) is 1.32. The first kappa shape index (κ1) is 16.0. The van der Waals surface area contributed by atoms with E-state index in [1.165, 1.54) is 4.90 Å². The summed E-state index contributed by atoms with van der Waals surface area (Å²) in [6.45, 7) is 4.98. The maximum Gasteiger partial charge on any atom is 0.325 e. The normalized spacial score (nSPS) is 16.8. The number of rotatable bonds is 5. The number of nitrogens with one attached hydrogen (secondary N) is 1. The zero-order valence-electron chi connectivity index (χ0n) is 13.1. The third-order valence-corrected chi connectivity index (χ3v) is 3.66. The van der Waals surface area contributed by atoms with Gasteiger partial charge in [0.05, 0.1) is 11.6 Å². The maximum absolute atomic E-state index is 12.1. The third-order valence-electron chi connectivity index (χ3n) is 3.66. The van der Waals surface area contributed by atoms with E-state index in [0.29, 0.717) is 25.2 Å². The van der Waals surface area contributed by atoms with Crippen LogP contribution in [0.15, 0.2) is 24.3 Å². The molecule has 0 radical (unpaired) electrons. The molecule has 116 valence electrons. The molecule has 1 saturated heterocycles. The Labute approximate surface area is 130 Å². The summed E-state index contributed by atoms with van der Waals surface area (Å²) in [6, 6.07) is 9.18. The van der Waals surface area contributed by atoms with Crippen LogP contribution in [0.2, 0.25) is 0 Å². The molecule has 1 aliphatic rings. The average molecular weight is 300 g/mol. The Balaban J connectivity index is 1.90. The standard InChI is InChI=1S/C16H20N4O2/c1-16(2)14(21)20(15(22)18-16)8-7-19(3)11-13-6-4-5-12(9-13)10-17/h4-6,9H,7-8,11H2,1-3H3,(H,18,22). The highest BCUT2D eigenvalue weighted by Crippen LogP contribution is 2.16. The van der Waals surface area contributed by atoms with Crippen LogP contribution in [0.3, 0.4) is 0 Å². The van der Waals surface area contributed by atoms with Gasteiger partial charge in [-0.1, -0.05) is 12.1 Å². The summed E-state index contributed by atoms with van der Waals surface area (Å²) in [6.07, 6.45) is 0. The molecule has 0 aliphatic carbocycles. The third kappa shape index (κ3) is 3.43. The van der Waals surface area contributed by atoms with Crippen LogP contribution in [0.4, 0.5) is 4.79 Å². The first-order chi connectivity index (χ1) is 10.3. The van der Waals surface area contributed by atoms with Crippen LogP contribution in [-0.2, 0) is 11.3 Å². The molecular weight excluding hydrogens is 280 g/mol. The average Bonchev–Trinajstić information content (AvgIpc) is 2.65. The molecule has 6 nitrogen and oxygen atoms in total. The smallest absolute Gasteiger partial charge is 0.324 e. The van der Waals surface area contributed by atoms with E-state index in [-0.39, 0.29) is 11.9 Å². The number of imide groups is 1. The van der Waals surface area contributed by atoms with Gasteiger partial charge in [-0.15, -0.1) is 0 Å². The second kappa shape index (κ2) is 6.16. The molecule has 1 heterocycles. The molecule has 6 heteroatoms. The molecule has 1 aromatic carbocycles. The first-order valence-corrected chi connectivity index (χ1v) is 7.15. The molecule has 0 spiro atoms. The number of likely N-dealkylation sites (N-methyl/N-ethyl adjacent to an activating group) is 1. The van der Waals surface area contributed by atoms with E-state index in [9.17, 15) is 9.59 Å². The summed E-state index contributed by atoms with van der Waals surface area (Å²) in [4.78, 5) is 27.1. The fraction of sp³-hybridized carbons (Fsp3) is 0.438. The second-order valence-electron chi connectivity index (χ2n) is 6.06. The highest BCUT2D eigenvalue weighted by atomic mass is 16.2. The van der Waals surface area contributed by atoms with Crippen LogP contribution in [-0.4, -0.2) is 47.4 Å². The van der Waals surface area contributed by atoms with Crippen molar-refractivity contribution in [1.29, 1.82) is 5.26 Å². The van der Waals surface area contributed by atoms with Crippen LogP contribution in [0.25, 0.3) is 0 Å². The summed E-state index contributed by atoms with van der Waals surface area (Å²) >= 11 is 0. The number of hydrogen-bond acceptors (Lipinski definition) is 4. The second-order valence-corrected chi connectivity index (χ2v) is 6.06. The van der Waals surface area contributed by atoms with E-state index in [1.54, 1.807) is 19.9 Å². The van der Waals surface area contributed by atoms with E-state index in [0.717, 1.165) is 5.56 Å². The number of nitriles is 1. The van der Waals surface area contributed by atoms with Crippen molar-refractivity contribution < 1.29 is 9.59 Å². The molecule has 1 N–H and O–H groups in total. The molecule has 1 aliphatic heterocycles. The molecule has 0 atom stereocenters. The minimum absolute atomic E-state index is 0.197. The SMILES string of the molecule is CN(CCN1C(=O)NC(C)(C)C1=O)Cc1cccc(C#N)c1. The molecule has 3 amide bonds. The largest absolute Gasteiger partial charge is 0.325 e. The Kier molecular flexibility index (Phi) is 4.48. The summed E-state index contributed by atoms with van der Waals surface area (Å²) in [5.74, 6) is -0.197. The van der Waals surface area contributed by atoms with Crippen molar-refractivity contribution in [2.45, 2.75) is 25.9 Å². The van der Waals surface area contributed by atoms with Crippen molar-refractivity contribution in [3.05, 3.63) is 35.4 Å². The van der Waals surface area contributed by atoms with Gasteiger partial charge in [0.15, 0.2) is 0 Å². The number of carbonyl (C=O) groups excluding carboxylic acids is 2. The number of hydrogen-bond donors (Lipinski definition) is 1. The van der Waals surface area contributed by atoms with Gasteiger partial charge in [-0.05, 0) is 38.6 Å². The van der Waals surface area contributed by atoms with Crippen LogP contribution < -0.4 is 5.32 Å². The predicted molar refractivity (Wildman–Crippen MR) is 81.8 cm³/mol. The van der Waals surface area contributed by atoms with Gasteiger partial charge < -0.3 is 10.2 Å². The molecule has 1 aromatic rings. The number of carbonyl (C=O) groups is 2. The quantitative estimate of drug-likeness (QED) is 0.832. The van der Waals surface area contributed by atoms with Crippen molar-refractivity contribution >= 4 is 11.9 Å². The molecule has 0 saturated carbocycles. The van der Waals surface area contributed by atoms with Crippen LogP contribution in [0.1, 0.15) is 25.0 Å². The first-order valence-electron chi connectivity index (χ1n) is 7.15. The Hall–Kier alpha value is -2.39. The Bertz CT molecular complexity index is 633. The van der Waals surface area contributed by atoms with Gasteiger partial charge in [-0.3, -0.25) is 9.69 Å². The lowest BCUT2D eigenvalue weighted by Gasteiger charge is -2.21. The summed E-state index contributed by atoms with van der Waals surface area (Å²) in [5.41, 5.74) is 0.831. The minimum Gasteiger partial charge on any atom is -0.324 e. The van der Waals surface area contributed by atoms with Gasteiger partial charge in [0.1, 0.15) is 5.54 Å². The number of nitrogens with zero attached hydrogens (tertiary/aromatic N) is 3. The maximum atomic E-state index is 12.1. The molecule has 2 rings (SSSR count). The summed E-state index contributed by atoms with van der Waals surface area (Å²) in [5, 5.41) is 11.6. The van der Waals surface area contributed by atoms with E-state index >= 15 is 0 Å². The van der Waals surface area contributed by atoms with Crippen molar-refractivity contribution in [3.8, 4) is 6.07 Å². The van der Waals surface area contributed by atoms with Gasteiger partial charge in [0.25, 0.3) is 5.91 Å². The van der Waals surface area contributed by atoms with Crippen LogP contribution in [0, 0.1) is 11.3 Å². The van der Waals surface area contributed by atoms with Crippen LogP contribution in [0.5, 0.6) is 0 Å². The van der Waals surface area contributed by atoms with Crippen molar-refractivity contribution in [3.63, 3.8) is 0 Å². The Morgan fingerprint density at radius 1 is 1.36 bits per heavy atom. The van der Waals surface area contributed by atoms with Crippen molar-refractivity contribution in [1.82, 2.24) is 15.1 Å². The zero-order valence-corrected chi connectivity index (χ0v) is 13.1. The molecule has 0 aromatic heterocycles. The number of benzene rings is 1. The van der Waals surface area contributed by atoms with E-state index < -0.39 is 5.54 Å². The van der Waals surface area contributed by atoms with E-state index in [4.69, 9.17) is 5.26 Å². The molecular formula is C16H20N4O2. The summed E-state index contributed by atoms with van der Waals surface area (Å²) in [7, 11) is 1.92. The lowest BCUT2D eigenvalue weighted by molar-refractivity contribution is -0.130. The summed E-state index contributed by atoms with van der Waals surface area (Å²) < 4.78 is 0. The molecule has 22 heavy (non-hydrogen) atoms. The Morgan fingerprint density at radius 2 is 2.09 bits per heavy atom. The highest BCUT2D eigenvalue weighted by molar-refractivity contribution is 6.06. The molecule has 0 unspecified atom stereocenters. The monoisotopic (exact) mass is 300 g/mol. The fourth-order valence-corrected chi connectivity index (χ4v) is 2.42. The van der Waals surface area contributed by atoms with Crippen molar-refractivity contribution in [2.75, 3.05) is 20.1 Å². The molecule has 0 bridgehead atoms. The number of amides is 3. The zero-order chi connectivity index (χ0) is 16.3. The topological polar surface area (TPSA) is 76.4 Å². The number of urea groups is 1.